The average molecular weight is 238 g/mol. The van der Waals surface area contributed by atoms with E-state index in [-0.39, 0.29) is 11.8 Å². The van der Waals surface area contributed by atoms with Crippen LogP contribution < -0.4 is 5.73 Å². The summed E-state index contributed by atoms with van der Waals surface area (Å²) in [6.45, 7) is 5.11. The topological polar surface area (TPSA) is 59.5 Å². The fraction of sp³-hybridized carbons (Fsp3) is 0.615. The van der Waals surface area contributed by atoms with Crippen LogP contribution in [-0.4, -0.2) is 24.4 Å². The van der Waals surface area contributed by atoms with E-state index in [1.54, 1.807) is 11.2 Å². The van der Waals surface area contributed by atoms with Crippen LogP contribution in [-0.2, 0) is 11.3 Å². The molecule has 0 radical (unpaired) electrons. The van der Waals surface area contributed by atoms with Gasteiger partial charge < -0.3 is 15.1 Å². The van der Waals surface area contributed by atoms with Crippen molar-refractivity contribution < 1.29 is 9.21 Å². The zero-order valence-electron chi connectivity index (χ0n) is 10.9. The Kier molecular flexibility index (Phi) is 5.22. The summed E-state index contributed by atoms with van der Waals surface area (Å²) < 4.78 is 5.22. The minimum absolute atomic E-state index is 0.0377. The molecule has 4 heteroatoms. The first kappa shape index (κ1) is 13.8. The highest BCUT2D eigenvalue weighted by Crippen LogP contribution is 2.14. The molecular formula is C13H22N2O2. The second kappa shape index (κ2) is 6.45. The van der Waals surface area contributed by atoms with Crippen LogP contribution >= 0.6 is 0 Å². The van der Waals surface area contributed by atoms with Crippen molar-refractivity contribution in [3.05, 3.63) is 23.7 Å². The third kappa shape index (κ3) is 3.89. The molecule has 1 atom stereocenters. The lowest BCUT2D eigenvalue weighted by atomic mass is 10.0. The van der Waals surface area contributed by atoms with Gasteiger partial charge in [0.25, 0.3) is 0 Å². The first-order valence-corrected chi connectivity index (χ1v) is 6.04. The molecule has 0 aromatic carbocycles. The summed E-state index contributed by atoms with van der Waals surface area (Å²) >= 11 is 0. The first-order chi connectivity index (χ1) is 8.06. The van der Waals surface area contributed by atoms with Gasteiger partial charge in [-0.15, -0.1) is 0 Å². The SMILES string of the molecule is Cc1occc1CN(C)C(=O)C(C)CCCN. The van der Waals surface area contributed by atoms with Gasteiger partial charge in [-0.25, -0.2) is 0 Å². The number of carbonyl (C=O) groups excluding carboxylic acids is 1. The Morgan fingerprint density at radius 3 is 2.82 bits per heavy atom. The maximum atomic E-state index is 12.0. The van der Waals surface area contributed by atoms with Crippen molar-refractivity contribution in [2.45, 2.75) is 33.2 Å². The largest absolute Gasteiger partial charge is 0.469 e. The first-order valence-electron chi connectivity index (χ1n) is 6.04. The monoisotopic (exact) mass is 238 g/mol. The molecule has 0 aliphatic heterocycles. The molecule has 0 fully saturated rings. The van der Waals surface area contributed by atoms with Crippen molar-refractivity contribution in [3.63, 3.8) is 0 Å². The van der Waals surface area contributed by atoms with Gasteiger partial charge in [0.15, 0.2) is 0 Å². The number of carbonyl (C=O) groups is 1. The summed E-state index contributed by atoms with van der Waals surface area (Å²) in [5.74, 6) is 1.08. The standard InChI is InChI=1S/C13H22N2O2/c1-10(5-4-7-14)13(16)15(3)9-12-6-8-17-11(12)2/h6,8,10H,4-5,7,9,14H2,1-3H3. The Balaban J connectivity index is 2.49. The van der Waals surface area contributed by atoms with Crippen molar-refractivity contribution in [2.24, 2.45) is 11.7 Å². The fourth-order valence-electron chi connectivity index (χ4n) is 1.83. The average Bonchev–Trinajstić information content (AvgIpc) is 2.70. The summed E-state index contributed by atoms with van der Waals surface area (Å²) in [5.41, 5.74) is 6.51. The molecule has 1 heterocycles. The van der Waals surface area contributed by atoms with Crippen LogP contribution in [0.25, 0.3) is 0 Å². The molecule has 0 bridgehead atoms. The Bertz CT molecular complexity index is 360. The highest BCUT2D eigenvalue weighted by Gasteiger charge is 2.18. The van der Waals surface area contributed by atoms with Crippen LogP contribution in [0.15, 0.2) is 16.7 Å². The Morgan fingerprint density at radius 1 is 1.59 bits per heavy atom. The minimum atomic E-state index is 0.0377. The van der Waals surface area contributed by atoms with Gasteiger partial charge in [-0.1, -0.05) is 6.92 Å². The van der Waals surface area contributed by atoms with Crippen molar-refractivity contribution in [1.82, 2.24) is 4.90 Å². The predicted molar refractivity (Wildman–Crippen MR) is 67.4 cm³/mol. The van der Waals surface area contributed by atoms with Gasteiger partial charge in [-0.3, -0.25) is 4.79 Å². The van der Waals surface area contributed by atoms with Crippen LogP contribution in [0.4, 0.5) is 0 Å². The zero-order valence-corrected chi connectivity index (χ0v) is 10.9. The van der Waals surface area contributed by atoms with E-state index in [9.17, 15) is 4.79 Å². The van der Waals surface area contributed by atoms with Gasteiger partial charge in [0.1, 0.15) is 5.76 Å². The number of nitrogens with two attached hydrogens (primary N) is 1. The summed E-state index contributed by atoms with van der Waals surface area (Å²) in [7, 11) is 1.83. The van der Waals surface area contributed by atoms with Crippen molar-refractivity contribution in [3.8, 4) is 0 Å². The van der Waals surface area contributed by atoms with E-state index in [1.165, 1.54) is 0 Å². The number of hydrogen-bond donors (Lipinski definition) is 1. The number of furan rings is 1. The highest BCUT2D eigenvalue weighted by atomic mass is 16.3. The van der Waals surface area contributed by atoms with Crippen LogP contribution in [0.1, 0.15) is 31.1 Å². The van der Waals surface area contributed by atoms with Crippen molar-refractivity contribution in [1.29, 1.82) is 0 Å². The molecular weight excluding hydrogens is 216 g/mol. The molecule has 1 aromatic rings. The molecule has 1 rings (SSSR count). The third-order valence-corrected chi connectivity index (χ3v) is 3.01. The number of rotatable bonds is 6. The van der Waals surface area contributed by atoms with E-state index < -0.39 is 0 Å². The van der Waals surface area contributed by atoms with Crippen LogP contribution in [0.3, 0.4) is 0 Å². The van der Waals surface area contributed by atoms with Gasteiger partial charge in [0.05, 0.1) is 6.26 Å². The molecule has 0 aliphatic carbocycles. The molecule has 4 nitrogen and oxygen atoms in total. The van der Waals surface area contributed by atoms with Gasteiger partial charge >= 0.3 is 0 Å². The van der Waals surface area contributed by atoms with Gasteiger partial charge in [-0.2, -0.15) is 0 Å². The maximum absolute atomic E-state index is 12.0. The quantitative estimate of drug-likeness (QED) is 0.823. The predicted octanol–water partition coefficient (Wildman–Crippen LogP) is 1.92. The molecule has 0 saturated heterocycles. The van der Waals surface area contributed by atoms with Crippen LogP contribution in [0, 0.1) is 12.8 Å². The van der Waals surface area contributed by atoms with E-state index in [2.05, 4.69) is 0 Å². The van der Waals surface area contributed by atoms with E-state index in [0.717, 1.165) is 24.2 Å². The van der Waals surface area contributed by atoms with Gasteiger partial charge in [0.2, 0.25) is 5.91 Å². The second-order valence-corrected chi connectivity index (χ2v) is 4.53. The lowest BCUT2D eigenvalue weighted by Gasteiger charge is -2.21. The number of nitrogens with zero attached hydrogens (tertiary/aromatic N) is 1. The van der Waals surface area contributed by atoms with Crippen LogP contribution in [0.5, 0.6) is 0 Å². The number of aryl methyl sites for hydroxylation is 1. The van der Waals surface area contributed by atoms with Crippen LogP contribution in [0.2, 0.25) is 0 Å². The zero-order chi connectivity index (χ0) is 12.8. The van der Waals surface area contributed by atoms with Gasteiger partial charge in [-0.05, 0) is 32.4 Å². The molecule has 96 valence electrons. The Morgan fingerprint density at radius 2 is 2.29 bits per heavy atom. The Labute approximate surface area is 103 Å². The molecule has 2 N–H and O–H groups in total. The molecule has 1 unspecified atom stereocenters. The lowest BCUT2D eigenvalue weighted by Crippen LogP contribution is -2.31. The number of hydrogen-bond acceptors (Lipinski definition) is 3. The molecule has 1 aromatic heterocycles. The fourth-order valence-corrected chi connectivity index (χ4v) is 1.83. The molecule has 1 amide bonds. The maximum Gasteiger partial charge on any atom is 0.225 e. The summed E-state index contributed by atoms with van der Waals surface area (Å²) in [6, 6.07) is 1.91. The third-order valence-electron chi connectivity index (χ3n) is 3.01. The summed E-state index contributed by atoms with van der Waals surface area (Å²) in [6.07, 6.45) is 3.40. The van der Waals surface area contributed by atoms with E-state index in [1.807, 2.05) is 27.0 Å². The van der Waals surface area contributed by atoms with Crippen molar-refractivity contribution in [2.75, 3.05) is 13.6 Å². The molecule has 17 heavy (non-hydrogen) atoms. The van der Waals surface area contributed by atoms with E-state index >= 15 is 0 Å². The highest BCUT2D eigenvalue weighted by molar-refractivity contribution is 5.78. The number of amides is 1. The molecule has 0 spiro atoms. The normalized spacial score (nSPS) is 12.5. The summed E-state index contributed by atoms with van der Waals surface area (Å²) in [5, 5.41) is 0. The Hall–Kier alpha value is -1.29. The smallest absolute Gasteiger partial charge is 0.225 e. The second-order valence-electron chi connectivity index (χ2n) is 4.53. The van der Waals surface area contributed by atoms with E-state index in [4.69, 9.17) is 10.2 Å². The minimum Gasteiger partial charge on any atom is -0.469 e. The van der Waals surface area contributed by atoms with E-state index in [0.29, 0.717) is 13.1 Å². The van der Waals surface area contributed by atoms with Crippen molar-refractivity contribution >= 4 is 5.91 Å². The van der Waals surface area contributed by atoms with Gasteiger partial charge in [0, 0.05) is 25.1 Å². The molecule has 0 saturated carbocycles. The lowest BCUT2D eigenvalue weighted by molar-refractivity contribution is -0.134. The summed E-state index contributed by atoms with van der Waals surface area (Å²) in [4.78, 5) is 13.8. The molecule has 0 aliphatic rings.